The van der Waals surface area contributed by atoms with Gasteiger partial charge in [-0.05, 0) is 89.8 Å². The zero-order chi connectivity index (χ0) is 67.1. The van der Waals surface area contributed by atoms with Crippen LogP contribution in [0.15, 0.2) is 174 Å². The number of nitro benzene ring substituents is 2. The average molecular weight is 1320 g/mol. The van der Waals surface area contributed by atoms with E-state index in [1.165, 1.54) is 12.1 Å². The third-order valence-electron chi connectivity index (χ3n) is 14.9. The molecule has 27 heteroatoms. The largest absolute Gasteiger partial charge is 0.489 e. The predicted octanol–water partition coefficient (Wildman–Crippen LogP) is 8.16. The van der Waals surface area contributed by atoms with Crippen molar-refractivity contribution in [1.82, 2.24) is 19.2 Å². The zero-order valence-corrected chi connectivity index (χ0v) is 53.9. The van der Waals surface area contributed by atoms with Gasteiger partial charge in [0.15, 0.2) is 0 Å². The molecule has 2 heterocycles. The molecule has 2 saturated heterocycles. The number of aliphatic hydroxyl groups is 1. The van der Waals surface area contributed by atoms with E-state index in [9.17, 15) is 56.6 Å². The summed E-state index contributed by atoms with van der Waals surface area (Å²) in [7, 11) is -8.40. The number of aliphatic hydroxyl groups excluding tert-OH is 1. The van der Waals surface area contributed by atoms with Crippen LogP contribution in [0.1, 0.15) is 62.8 Å². The van der Waals surface area contributed by atoms with Gasteiger partial charge < -0.3 is 49.9 Å². The number of alkyl carbamates (subject to hydrolysis) is 2. The molecular formula is C66H81N7O18S2. The monoisotopic (exact) mass is 1320 g/mol. The highest BCUT2D eigenvalue weighted by Crippen LogP contribution is 2.26. The van der Waals surface area contributed by atoms with Crippen LogP contribution in [0.3, 0.4) is 0 Å². The van der Waals surface area contributed by atoms with Crippen LogP contribution in [0, 0.1) is 32.1 Å². The van der Waals surface area contributed by atoms with E-state index >= 15 is 0 Å². The van der Waals surface area contributed by atoms with Crippen molar-refractivity contribution in [3.05, 3.63) is 206 Å². The lowest BCUT2D eigenvalue weighted by Gasteiger charge is -2.33. The van der Waals surface area contributed by atoms with Crippen LogP contribution >= 0.6 is 0 Å². The quantitative estimate of drug-likeness (QED) is 0.0138. The lowest BCUT2D eigenvalue weighted by molar-refractivity contribution is -0.385. The molecular weight excluding hydrogens is 1240 g/mol. The third-order valence-corrected chi connectivity index (χ3v) is 18.6. The Kier molecular flexibility index (Phi) is 27.1. The second-order valence-electron chi connectivity index (χ2n) is 23.4. The summed E-state index contributed by atoms with van der Waals surface area (Å²) < 4.78 is 91.1. The van der Waals surface area contributed by atoms with E-state index in [0.717, 1.165) is 67.3 Å². The van der Waals surface area contributed by atoms with Gasteiger partial charge in [-0.3, -0.25) is 25.0 Å². The fourth-order valence-electron chi connectivity index (χ4n) is 10.1. The Morgan fingerprint density at radius 3 is 1.40 bits per heavy atom. The highest BCUT2D eigenvalue weighted by molar-refractivity contribution is 7.89. The number of non-ortho nitro benzene ring substituents is 2. The van der Waals surface area contributed by atoms with Crippen LogP contribution in [0.4, 0.5) is 21.0 Å². The first-order valence-corrected chi connectivity index (χ1v) is 33.4. The number of nitrogens with zero attached hydrogens (tertiary/aromatic N) is 4. The summed E-state index contributed by atoms with van der Waals surface area (Å²) in [5.41, 5.74) is 9.31. The lowest BCUT2D eigenvalue weighted by Crippen LogP contribution is -2.54. The number of rotatable bonds is 31. The molecule has 0 saturated carbocycles. The number of esters is 1. The van der Waals surface area contributed by atoms with E-state index in [-0.39, 0.29) is 91.2 Å². The highest BCUT2D eigenvalue weighted by Gasteiger charge is 2.38. The lowest BCUT2D eigenvalue weighted by atomic mass is 10.0. The van der Waals surface area contributed by atoms with E-state index in [1.54, 1.807) is 24.3 Å². The molecule has 2 aliphatic heterocycles. The molecule has 0 aromatic heterocycles. The SMILES string of the molecule is CC(C)CN(C[C@@H](O)[C@H](Cc1ccccc1)NC(=O)O[C@H]1CCOC1)S(=O)(=O)c1ccc([N+](=O)[O-])cc1.CC(C)CN(C[C@@H](OC(=O)[C@@H](N)Cc1ccc(OCc2ccccc2)cc1)[C@H](Cc1ccccc1)NC(=O)O[C@H]1CCOC1)S(=O)(=O)c1ccc([N+](=O)[O-])cc1. The molecule has 8 rings (SSSR count). The molecule has 5 N–H and O–H groups in total. The first-order valence-electron chi connectivity index (χ1n) is 30.5. The Morgan fingerprint density at radius 2 is 0.978 bits per heavy atom. The molecule has 25 nitrogen and oxygen atoms in total. The summed E-state index contributed by atoms with van der Waals surface area (Å²) in [6, 6.07) is 41.4. The number of nitro groups is 2. The molecule has 2 aliphatic rings. The summed E-state index contributed by atoms with van der Waals surface area (Å²) in [6.07, 6.45) is -3.32. The number of hydrogen-bond donors (Lipinski definition) is 4. The first-order chi connectivity index (χ1) is 44.4. The average Bonchev–Trinajstić information content (AvgIpc) is 1.14. The molecule has 0 spiro atoms. The molecule has 2 fully saturated rings. The van der Waals surface area contributed by atoms with Crippen molar-refractivity contribution in [1.29, 1.82) is 0 Å². The van der Waals surface area contributed by atoms with Gasteiger partial charge in [-0.1, -0.05) is 131 Å². The van der Waals surface area contributed by atoms with Crippen molar-refractivity contribution in [3.63, 3.8) is 0 Å². The minimum atomic E-state index is -4.30. The number of amides is 2. The Bertz CT molecular complexity index is 3570. The van der Waals surface area contributed by atoms with Gasteiger partial charge >= 0.3 is 18.2 Å². The highest BCUT2D eigenvalue weighted by atomic mass is 32.2. The maximum atomic E-state index is 14.2. The van der Waals surface area contributed by atoms with Crippen molar-refractivity contribution < 1.29 is 74.6 Å². The van der Waals surface area contributed by atoms with Gasteiger partial charge in [0.1, 0.15) is 36.7 Å². The van der Waals surface area contributed by atoms with Crippen LogP contribution < -0.4 is 21.1 Å². The Labute approximate surface area is 541 Å². The maximum Gasteiger partial charge on any atom is 0.407 e. The summed E-state index contributed by atoms with van der Waals surface area (Å²) in [6.45, 7) is 8.61. The molecule has 0 bridgehead atoms. The topological polar surface area (TPSA) is 338 Å². The number of nitrogens with two attached hydrogens (primary N) is 1. The Morgan fingerprint density at radius 1 is 0.570 bits per heavy atom. The molecule has 2 amide bonds. The standard InChI is InChI=1S/C41H48N4O10S.C25H33N3O8S/c1-29(2)25-44(56(50,51)36-19-15-33(16-20-36)45(48)49)26-39(38(24-30-9-5-3-6-10-30)43-41(47)54-35-21-22-52-28-35)55-40(46)37(42)23-31-13-17-34(18-14-31)53-27-32-11-7-4-8-12-32;1-18(2)15-27(37(33,34)22-10-8-20(9-11-22)28(31)32)16-24(29)23(14-19-6-4-3-5-7-19)26-25(30)36-21-12-13-35-17-21/h3-20,29,35,37-39H,21-28,42H2,1-2H3,(H,43,47);3-11,18,21,23-24,29H,12-17H2,1-2H3,(H,26,30)/t35-,37-,38-,39+;21-,23-,24+/m00/s1. The van der Waals surface area contributed by atoms with Crippen molar-refractivity contribution in [2.24, 2.45) is 17.6 Å². The summed E-state index contributed by atoms with van der Waals surface area (Å²) in [5, 5.41) is 39.0. The molecule has 0 radical (unpaired) electrons. The molecule has 6 aromatic rings. The van der Waals surface area contributed by atoms with Gasteiger partial charge in [0.2, 0.25) is 20.0 Å². The molecule has 0 aliphatic carbocycles. The molecule has 0 unspecified atom stereocenters. The van der Waals surface area contributed by atoms with E-state index in [0.29, 0.717) is 45.0 Å². The van der Waals surface area contributed by atoms with Gasteiger partial charge in [0.05, 0.1) is 70.8 Å². The van der Waals surface area contributed by atoms with Gasteiger partial charge in [0, 0.05) is 56.7 Å². The van der Waals surface area contributed by atoms with Crippen LogP contribution in [0.2, 0.25) is 0 Å². The van der Waals surface area contributed by atoms with Gasteiger partial charge in [-0.25, -0.2) is 26.4 Å². The number of hydrogen-bond acceptors (Lipinski definition) is 19. The molecule has 7 atom stereocenters. The Balaban J connectivity index is 0.000000287. The number of carbonyl (C=O) groups is 3. The number of benzene rings is 6. The second-order valence-corrected chi connectivity index (χ2v) is 27.2. The number of sulfonamides is 2. The van der Waals surface area contributed by atoms with E-state index in [2.05, 4.69) is 10.6 Å². The normalized spacial score (nSPS) is 16.5. The summed E-state index contributed by atoms with van der Waals surface area (Å²) in [5.74, 6) is -0.435. The van der Waals surface area contributed by atoms with Crippen molar-refractivity contribution in [2.75, 3.05) is 52.6 Å². The zero-order valence-electron chi connectivity index (χ0n) is 52.3. The van der Waals surface area contributed by atoms with Crippen molar-refractivity contribution in [3.8, 4) is 5.75 Å². The minimum Gasteiger partial charge on any atom is -0.489 e. The third kappa shape index (κ3) is 22.7. The fourth-order valence-corrected chi connectivity index (χ4v) is 13.4. The van der Waals surface area contributed by atoms with E-state index < -0.39 is 84.5 Å². The first kappa shape index (κ1) is 72.0. The number of nitrogens with one attached hydrogen (secondary N) is 2. The number of ether oxygens (including phenoxy) is 6. The van der Waals surface area contributed by atoms with Crippen LogP contribution in [-0.4, -0.2) is 154 Å². The van der Waals surface area contributed by atoms with Crippen LogP contribution in [0.25, 0.3) is 0 Å². The molecule has 500 valence electrons. The van der Waals surface area contributed by atoms with Gasteiger partial charge in [0.25, 0.3) is 11.4 Å². The van der Waals surface area contributed by atoms with Crippen molar-refractivity contribution >= 4 is 49.6 Å². The molecule has 6 aromatic carbocycles. The predicted molar refractivity (Wildman–Crippen MR) is 344 cm³/mol. The van der Waals surface area contributed by atoms with Gasteiger partial charge in [-0.2, -0.15) is 8.61 Å². The minimum absolute atomic E-state index is 0.0000331. The Hall–Kier alpha value is -8.41. The molecule has 93 heavy (non-hydrogen) atoms. The fraction of sp³-hybridized carbons (Fsp3) is 0.409. The van der Waals surface area contributed by atoms with E-state index in [4.69, 9.17) is 34.2 Å². The number of carbonyl (C=O) groups excluding carboxylic acids is 3. The van der Waals surface area contributed by atoms with Crippen molar-refractivity contribution in [2.45, 2.75) is 119 Å². The smallest absolute Gasteiger partial charge is 0.407 e. The van der Waals surface area contributed by atoms with Crippen LogP contribution in [0.5, 0.6) is 5.75 Å². The van der Waals surface area contributed by atoms with E-state index in [1.807, 2.05) is 119 Å². The summed E-state index contributed by atoms with van der Waals surface area (Å²) >= 11 is 0. The van der Waals surface area contributed by atoms with Gasteiger partial charge in [-0.15, -0.1) is 0 Å². The maximum absolute atomic E-state index is 14.2. The van der Waals surface area contributed by atoms with Crippen LogP contribution in [-0.2, 0) is 74.4 Å². The second kappa shape index (κ2) is 35.0. The summed E-state index contributed by atoms with van der Waals surface area (Å²) in [4.78, 5) is 60.5.